The molecule has 2 aromatic rings. The van der Waals surface area contributed by atoms with Crippen LogP contribution < -0.4 is 10.5 Å². The second kappa shape index (κ2) is 5.52. The van der Waals surface area contributed by atoms with Crippen molar-refractivity contribution in [3.8, 4) is 5.88 Å². The van der Waals surface area contributed by atoms with Gasteiger partial charge >= 0.3 is 0 Å². The van der Waals surface area contributed by atoms with Crippen LogP contribution in [0, 0.1) is 5.82 Å². The van der Waals surface area contributed by atoms with Crippen LogP contribution >= 0.6 is 23.2 Å². The van der Waals surface area contributed by atoms with Gasteiger partial charge in [-0.25, -0.2) is 9.37 Å². The van der Waals surface area contributed by atoms with Gasteiger partial charge in [0.2, 0.25) is 5.88 Å². The van der Waals surface area contributed by atoms with Crippen LogP contribution in [0.2, 0.25) is 10.0 Å². The lowest BCUT2D eigenvalue weighted by Crippen LogP contribution is -2.36. The lowest BCUT2D eigenvalue weighted by Gasteiger charge is -2.26. The molecular formula is C13H12Cl2FN3O. The molecule has 2 N–H and O–H groups in total. The van der Waals surface area contributed by atoms with Gasteiger partial charge in [-0.1, -0.05) is 23.2 Å². The third-order valence-corrected chi connectivity index (χ3v) is 3.52. The summed E-state index contributed by atoms with van der Waals surface area (Å²) in [4.78, 5) is 8.20. The highest BCUT2D eigenvalue weighted by atomic mass is 35.5. The molecule has 0 radical (unpaired) electrons. The van der Waals surface area contributed by atoms with E-state index in [-0.39, 0.29) is 15.9 Å². The van der Waals surface area contributed by atoms with Gasteiger partial charge in [0.25, 0.3) is 0 Å². The van der Waals surface area contributed by atoms with Gasteiger partial charge in [0, 0.05) is 17.4 Å². The fourth-order valence-electron chi connectivity index (χ4n) is 1.88. The minimum Gasteiger partial charge on any atom is -0.480 e. The van der Waals surface area contributed by atoms with Crippen molar-refractivity contribution in [1.82, 2.24) is 9.97 Å². The molecule has 1 heterocycles. The Balaban J connectivity index is 2.63. The van der Waals surface area contributed by atoms with Crippen molar-refractivity contribution in [2.45, 2.75) is 12.5 Å². The summed E-state index contributed by atoms with van der Waals surface area (Å²) in [6.07, 6.45) is 2.95. The fourth-order valence-corrected chi connectivity index (χ4v) is 2.46. The quantitative estimate of drug-likeness (QED) is 0.884. The molecule has 0 amide bonds. The molecule has 0 bridgehead atoms. The number of hydrogen-bond donors (Lipinski definition) is 1. The van der Waals surface area contributed by atoms with Crippen molar-refractivity contribution in [3.63, 3.8) is 0 Å². The lowest BCUT2D eigenvalue weighted by atomic mass is 9.89. The minimum absolute atomic E-state index is 0.0688. The van der Waals surface area contributed by atoms with Gasteiger partial charge in [-0.05, 0) is 24.6 Å². The Bertz CT molecular complexity index is 650. The predicted octanol–water partition coefficient (Wildman–Crippen LogP) is 3.15. The summed E-state index contributed by atoms with van der Waals surface area (Å²) in [5, 5.41) is 0.176. The second-order valence-electron chi connectivity index (χ2n) is 4.36. The van der Waals surface area contributed by atoms with Crippen LogP contribution in [0.3, 0.4) is 0 Å². The zero-order valence-corrected chi connectivity index (χ0v) is 12.3. The van der Waals surface area contributed by atoms with E-state index in [2.05, 4.69) is 9.97 Å². The number of nitrogens with two attached hydrogens (primary N) is 1. The smallest absolute Gasteiger partial charge is 0.237 e. The fraction of sp³-hybridized carbons (Fsp3) is 0.231. The average molecular weight is 316 g/mol. The van der Waals surface area contributed by atoms with Crippen molar-refractivity contribution < 1.29 is 9.13 Å². The number of aromatic nitrogens is 2. The molecule has 4 nitrogen and oxygen atoms in total. The molecular weight excluding hydrogens is 304 g/mol. The van der Waals surface area contributed by atoms with E-state index in [4.69, 9.17) is 33.7 Å². The number of nitrogens with zero attached hydrogens (tertiary/aromatic N) is 2. The van der Waals surface area contributed by atoms with Gasteiger partial charge < -0.3 is 10.5 Å². The number of benzene rings is 1. The molecule has 7 heteroatoms. The van der Waals surface area contributed by atoms with Crippen molar-refractivity contribution in [3.05, 3.63) is 51.6 Å². The molecule has 0 saturated heterocycles. The zero-order chi connectivity index (χ0) is 14.9. The van der Waals surface area contributed by atoms with E-state index in [0.29, 0.717) is 11.3 Å². The molecule has 0 aliphatic carbocycles. The summed E-state index contributed by atoms with van der Waals surface area (Å²) < 4.78 is 18.8. The number of rotatable bonds is 3. The topological polar surface area (TPSA) is 61.0 Å². The van der Waals surface area contributed by atoms with Crippen molar-refractivity contribution in [1.29, 1.82) is 0 Å². The molecule has 20 heavy (non-hydrogen) atoms. The van der Waals surface area contributed by atoms with E-state index in [1.807, 2.05) is 0 Å². The SMILES string of the molecule is COc1nccnc1C(C)(N)c1cc(F)c(Cl)cc1Cl. The largest absolute Gasteiger partial charge is 0.480 e. The summed E-state index contributed by atoms with van der Waals surface area (Å²) in [6, 6.07) is 2.50. The Hall–Kier alpha value is -1.43. The van der Waals surface area contributed by atoms with Crippen LogP contribution in [0.25, 0.3) is 0 Å². The van der Waals surface area contributed by atoms with Crippen molar-refractivity contribution >= 4 is 23.2 Å². The standard InChI is InChI=1S/C13H12Cl2FN3O/c1-13(17,11-12(20-2)19-4-3-18-11)7-5-10(16)9(15)6-8(7)14/h3-6H,17H2,1-2H3. The zero-order valence-electron chi connectivity index (χ0n) is 10.8. The predicted molar refractivity (Wildman–Crippen MR) is 75.6 cm³/mol. The molecule has 2 rings (SSSR count). The second-order valence-corrected chi connectivity index (χ2v) is 5.18. The Morgan fingerprint density at radius 2 is 1.85 bits per heavy atom. The number of methoxy groups -OCH3 is 1. The Morgan fingerprint density at radius 1 is 1.20 bits per heavy atom. The molecule has 1 atom stereocenters. The van der Waals surface area contributed by atoms with Crippen LogP contribution in [0.4, 0.5) is 4.39 Å². The van der Waals surface area contributed by atoms with Crippen LogP contribution in [0.5, 0.6) is 5.88 Å². The van der Waals surface area contributed by atoms with E-state index < -0.39 is 11.4 Å². The molecule has 106 valence electrons. The first-order valence-corrected chi connectivity index (χ1v) is 6.43. The van der Waals surface area contributed by atoms with Gasteiger partial charge in [-0.15, -0.1) is 0 Å². The summed E-state index contributed by atoms with van der Waals surface area (Å²) in [5.41, 5.74) is 5.80. The van der Waals surface area contributed by atoms with E-state index in [1.165, 1.54) is 31.6 Å². The van der Waals surface area contributed by atoms with Crippen molar-refractivity contribution in [2.24, 2.45) is 5.73 Å². The highest BCUT2D eigenvalue weighted by Crippen LogP contribution is 2.36. The van der Waals surface area contributed by atoms with E-state index in [9.17, 15) is 4.39 Å². The Labute approximate surface area is 125 Å². The highest BCUT2D eigenvalue weighted by Gasteiger charge is 2.32. The molecule has 0 spiro atoms. The molecule has 0 aliphatic heterocycles. The van der Waals surface area contributed by atoms with E-state index in [0.717, 1.165) is 0 Å². The third-order valence-electron chi connectivity index (χ3n) is 2.92. The maximum atomic E-state index is 13.7. The van der Waals surface area contributed by atoms with Gasteiger partial charge in [0.15, 0.2) is 0 Å². The molecule has 1 unspecified atom stereocenters. The monoisotopic (exact) mass is 315 g/mol. The first-order chi connectivity index (χ1) is 9.37. The highest BCUT2D eigenvalue weighted by molar-refractivity contribution is 6.35. The normalized spacial score (nSPS) is 13.9. The summed E-state index contributed by atoms with van der Waals surface area (Å²) >= 11 is 11.8. The van der Waals surface area contributed by atoms with Crippen LogP contribution in [0.15, 0.2) is 24.5 Å². The summed E-state index contributed by atoms with van der Waals surface area (Å²) in [5.74, 6) is -0.352. The third kappa shape index (κ3) is 2.57. The summed E-state index contributed by atoms with van der Waals surface area (Å²) in [6.45, 7) is 1.65. The van der Waals surface area contributed by atoms with Crippen LogP contribution in [-0.4, -0.2) is 17.1 Å². The first kappa shape index (κ1) is 15.0. The van der Waals surface area contributed by atoms with Crippen LogP contribution in [-0.2, 0) is 5.54 Å². The Morgan fingerprint density at radius 3 is 2.50 bits per heavy atom. The van der Waals surface area contributed by atoms with Crippen LogP contribution in [0.1, 0.15) is 18.2 Å². The average Bonchev–Trinajstić information content (AvgIpc) is 2.42. The number of ether oxygens (including phenoxy) is 1. The number of hydrogen-bond acceptors (Lipinski definition) is 4. The molecule has 0 saturated carbocycles. The van der Waals surface area contributed by atoms with Gasteiger partial charge in [-0.3, -0.25) is 4.98 Å². The van der Waals surface area contributed by atoms with Crippen molar-refractivity contribution in [2.75, 3.05) is 7.11 Å². The lowest BCUT2D eigenvalue weighted by molar-refractivity contribution is 0.376. The van der Waals surface area contributed by atoms with Gasteiger partial charge in [0.05, 0.1) is 17.7 Å². The maximum Gasteiger partial charge on any atom is 0.237 e. The molecule has 1 aromatic carbocycles. The summed E-state index contributed by atoms with van der Waals surface area (Å²) in [7, 11) is 1.45. The van der Waals surface area contributed by atoms with Gasteiger partial charge in [0.1, 0.15) is 11.5 Å². The molecule has 0 aliphatic rings. The van der Waals surface area contributed by atoms with E-state index >= 15 is 0 Å². The van der Waals surface area contributed by atoms with E-state index in [1.54, 1.807) is 6.92 Å². The molecule has 1 aromatic heterocycles. The first-order valence-electron chi connectivity index (χ1n) is 5.67. The number of halogens is 3. The maximum absolute atomic E-state index is 13.7. The molecule has 0 fully saturated rings. The minimum atomic E-state index is -1.18. The Kier molecular flexibility index (Phi) is 4.13. The van der Waals surface area contributed by atoms with Gasteiger partial charge in [-0.2, -0.15) is 0 Å².